The Morgan fingerprint density at radius 3 is 1.33 bits per heavy atom. The van der Waals surface area contributed by atoms with Crippen molar-refractivity contribution in [2.75, 3.05) is 52.5 Å². The molecule has 5 rings (SSSR count). The van der Waals surface area contributed by atoms with E-state index in [0.717, 1.165) is 50.8 Å². The highest BCUT2D eigenvalue weighted by Crippen LogP contribution is 2.65. The minimum Gasteiger partial charge on any atom is -0.492 e. The van der Waals surface area contributed by atoms with Gasteiger partial charge in [-0.2, -0.15) is 0 Å². The lowest BCUT2D eigenvalue weighted by Gasteiger charge is -2.19. The van der Waals surface area contributed by atoms with Crippen LogP contribution in [0.3, 0.4) is 0 Å². The SMILES string of the molecule is FC1(F)CC1(c1ccc(OCCN2CCCC2)cc1)c1ccc(OCCN2CCCC2)cc1. The van der Waals surface area contributed by atoms with Gasteiger partial charge in [0.15, 0.2) is 0 Å². The molecule has 0 aromatic heterocycles. The molecule has 1 aliphatic carbocycles. The van der Waals surface area contributed by atoms with E-state index in [2.05, 4.69) is 9.80 Å². The van der Waals surface area contributed by atoms with E-state index in [-0.39, 0.29) is 6.42 Å². The zero-order valence-corrected chi connectivity index (χ0v) is 19.3. The molecule has 2 aromatic carbocycles. The first-order chi connectivity index (χ1) is 16.1. The van der Waals surface area contributed by atoms with Crippen LogP contribution in [-0.4, -0.2) is 68.2 Å². The molecular formula is C27H34F2N2O2. The summed E-state index contributed by atoms with van der Waals surface area (Å²) in [5.74, 6) is -1.28. The molecule has 0 N–H and O–H groups in total. The quantitative estimate of drug-likeness (QED) is 0.505. The second-order valence-corrected chi connectivity index (χ2v) is 9.63. The lowest BCUT2D eigenvalue weighted by atomic mass is 9.87. The summed E-state index contributed by atoms with van der Waals surface area (Å²) >= 11 is 0. The summed E-state index contributed by atoms with van der Waals surface area (Å²) in [6.45, 7) is 7.64. The van der Waals surface area contributed by atoms with Gasteiger partial charge in [-0.25, -0.2) is 8.78 Å². The molecule has 6 heteroatoms. The predicted molar refractivity (Wildman–Crippen MR) is 126 cm³/mol. The monoisotopic (exact) mass is 456 g/mol. The van der Waals surface area contributed by atoms with Crippen LogP contribution >= 0.6 is 0 Å². The molecule has 2 aromatic rings. The Kier molecular flexibility index (Phi) is 6.57. The Balaban J connectivity index is 1.20. The van der Waals surface area contributed by atoms with Gasteiger partial charge in [0.2, 0.25) is 0 Å². The van der Waals surface area contributed by atoms with Gasteiger partial charge >= 0.3 is 0 Å². The number of hydrogen-bond donors (Lipinski definition) is 0. The number of hydrogen-bond acceptors (Lipinski definition) is 4. The lowest BCUT2D eigenvalue weighted by molar-refractivity contribution is 0.0966. The van der Waals surface area contributed by atoms with Gasteiger partial charge in [-0.3, -0.25) is 9.80 Å². The van der Waals surface area contributed by atoms with Crippen molar-refractivity contribution in [3.8, 4) is 11.5 Å². The predicted octanol–water partition coefficient (Wildman–Crippen LogP) is 4.96. The van der Waals surface area contributed by atoms with Crippen molar-refractivity contribution in [1.29, 1.82) is 0 Å². The minimum atomic E-state index is -2.75. The van der Waals surface area contributed by atoms with Crippen LogP contribution in [0.5, 0.6) is 11.5 Å². The Morgan fingerprint density at radius 1 is 0.636 bits per heavy atom. The van der Waals surface area contributed by atoms with E-state index < -0.39 is 11.3 Å². The van der Waals surface area contributed by atoms with Gasteiger partial charge in [0.25, 0.3) is 5.92 Å². The summed E-state index contributed by atoms with van der Waals surface area (Å²) < 4.78 is 41.1. The van der Waals surface area contributed by atoms with Gasteiger partial charge in [0.05, 0.1) is 5.41 Å². The molecule has 178 valence electrons. The number of rotatable bonds is 10. The van der Waals surface area contributed by atoms with Crippen LogP contribution in [-0.2, 0) is 5.41 Å². The fraction of sp³-hybridized carbons (Fsp3) is 0.556. The number of nitrogens with zero attached hydrogens (tertiary/aromatic N) is 2. The van der Waals surface area contributed by atoms with E-state index in [1.165, 1.54) is 25.7 Å². The molecule has 3 aliphatic rings. The number of ether oxygens (including phenoxy) is 2. The van der Waals surface area contributed by atoms with Gasteiger partial charge in [-0.15, -0.1) is 0 Å². The Morgan fingerprint density at radius 2 is 1.00 bits per heavy atom. The largest absolute Gasteiger partial charge is 0.492 e. The van der Waals surface area contributed by atoms with Crippen molar-refractivity contribution >= 4 is 0 Å². The van der Waals surface area contributed by atoms with Crippen molar-refractivity contribution in [3.63, 3.8) is 0 Å². The fourth-order valence-corrected chi connectivity index (χ4v) is 5.35. The average molecular weight is 457 g/mol. The average Bonchev–Trinajstić information content (AvgIpc) is 3.28. The zero-order valence-electron chi connectivity index (χ0n) is 19.3. The highest BCUT2D eigenvalue weighted by molar-refractivity contribution is 5.52. The van der Waals surface area contributed by atoms with E-state index in [1.54, 1.807) is 24.3 Å². The van der Waals surface area contributed by atoms with Crippen LogP contribution in [0.2, 0.25) is 0 Å². The Labute approximate surface area is 195 Å². The van der Waals surface area contributed by atoms with Crippen molar-refractivity contribution in [1.82, 2.24) is 9.80 Å². The van der Waals surface area contributed by atoms with E-state index in [9.17, 15) is 8.78 Å². The second-order valence-electron chi connectivity index (χ2n) is 9.63. The number of benzene rings is 2. The molecule has 0 atom stereocenters. The number of halogens is 2. The molecule has 2 saturated heterocycles. The molecule has 3 fully saturated rings. The molecule has 2 heterocycles. The molecule has 0 spiro atoms. The first-order valence-corrected chi connectivity index (χ1v) is 12.4. The molecule has 4 nitrogen and oxygen atoms in total. The van der Waals surface area contributed by atoms with E-state index in [1.807, 2.05) is 24.3 Å². The molecule has 1 saturated carbocycles. The smallest absolute Gasteiger partial charge is 0.263 e. The van der Waals surface area contributed by atoms with Crippen LogP contribution in [0.4, 0.5) is 8.78 Å². The van der Waals surface area contributed by atoms with Crippen molar-refractivity contribution < 1.29 is 18.3 Å². The maximum absolute atomic E-state index is 14.7. The number of alkyl halides is 2. The summed E-state index contributed by atoms with van der Waals surface area (Å²) in [6.07, 6.45) is 4.88. The molecule has 0 bridgehead atoms. The first-order valence-electron chi connectivity index (χ1n) is 12.4. The van der Waals surface area contributed by atoms with Gasteiger partial charge in [0, 0.05) is 19.5 Å². The topological polar surface area (TPSA) is 24.9 Å². The molecule has 0 radical (unpaired) electrons. The maximum atomic E-state index is 14.7. The van der Waals surface area contributed by atoms with Crippen LogP contribution in [0.25, 0.3) is 0 Å². The second kappa shape index (κ2) is 9.59. The fourth-order valence-electron chi connectivity index (χ4n) is 5.35. The highest BCUT2D eigenvalue weighted by atomic mass is 19.3. The number of likely N-dealkylation sites (tertiary alicyclic amines) is 2. The van der Waals surface area contributed by atoms with Crippen molar-refractivity contribution in [2.45, 2.75) is 43.4 Å². The maximum Gasteiger partial charge on any atom is 0.263 e. The van der Waals surface area contributed by atoms with Crippen molar-refractivity contribution in [3.05, 3.63) is 59.7 Å². The van der Waals surface area contributed by atoms with Crippen LogP contribution in [0.1, 0.15) is 43.2 Å². The molecule has 2 aliphatic heterocycles. The van der Waals surface area contributed by atoms with E-state index in [4.69, 9.17) is 9.47 Å². The minimum absolute atomic E-state index is 0.162. The summed E-state index contributed by atoms with van der Waals surface area (Å²) in [6, 6.07) is 14.5. The van der Waals surface area contributed by atoms with Crippen molar-refractivity contribution in [2.24, 2.45) is 0 Å². The Bertz CT molecular complexity index is 839. The third-order valence-electron chi connectivity index (χ3n) is 7.43. The van der Waals surface area contributed by atoms with Crippen LogP contribution in [0.15, 0.2) is 48.5 Å². The normalized spacial score (nSPS) is 21.9. The molecule has 0 unspecified atom stereocenters. The van der Waals surface area contributed by atoms with E-state index >= 15 is 0 Å². The first kappa shape index (κ1) is 22.6. The van der Waals surface area contributed by atoms with Crippen LogP contribution < -0.4 is 9.47 Å². The van der Waals surface area contributed by atoms with E-state index in [0.29, 0.717) is 24.3 Å². The standard InChI is InChI=1S/C27H34F2N2O2/c28-27(29)21-26(27,22-5-9-24(10-6-22)32-19-17-30-13-1-2-14-30)23-7-11-25(12-8-23)33-20-18-31-15-3-4-16-31/h5-12H,1-4,13-21H2. The summed E-state index contributed by atoms with van der Waals surface area (Å²) in [7, 11) is 0. The third-order valence-corrected chi connectivity index (χ3v) is 7.43. The summed E-state index contributed by atoms with van der Waals surface area (Å²) in [4.78, 5) is 4.79. The third kappa shape index (κ3) is 4.87. The molecular weight excluding hydrogens is 422 g/mol. The molecule has 0 amide bonds. The summed E-state index contributed by atoms with van der Waals surface area (Å²) in [5, 5.41) is 0. The zero-order chi connectivity index (χ0) is 22.7. The van der Waals surface area contributed by atoms with Gasteiger partial charge in [-0.1, -0.05) is 24.3 Å². The Hall–Kier alpha value is -2.18. The lowest BCUT2D eigenvalue weighted by Crippen LogP contribution is -2.25. The van der Waals surface area contributed by atoms with Gasteiger partial charge < -0.3 is 9.47 Å². The van der Waals surface area contributed by atoms with Crippen LogP contribution in [0, 0.1) is 0 Å². The summed E-state index contributed by atoms with van der Waals surface area (Å²) in [5.41, 5.74) is 0.0269. The molecule has 33 heavy (non-hydrogen) atoms. The van der Waals surface area contributed by atoms with Gasteiger partial charge in [-0.05, 0) is 87.3 Å². The van der Waals surface area contributed by atoms with Gasteiger partial charge in [0.1, 0.15) is 24.7 Å². The highest BCUT2D eigenvalue weighted by Gasteiger charge is 2.72.